The van der Waals surface area contributed by atoms with Crippen LogP contribution < -0.4 is 10.6 Å². The van der Waals surface area contributed by atoms with Gasteiger partial charge >= 0.3 is 6.03 Å². The summed E-state index contributed by atoms with van der Waals surface area (Å²) in [5.41, 5.74) is 1.16. The second-order valence-corrected chi connectivity index (χ2v) is 7.54. The van der Waals surface area contributed by atoms with Crippen LogP contribution in [0.25, 0.3) is 0 Å². The first-order chi connectivity index (χ1) is 13.2. The van der Waals surface area contributed by atoms with Gasteiger partial charge in [0.15, 0.2) is 5.16 Å². The maximum atomic E-state index is 12.0. The van der Waals surface area contributed by atoms with E-state index in [0.717, 1.165) is 43.6 Å². The summed E-state index contributed by atoms with van der Waals surface area (Å²) in [6.45, 7) is 2.75. The molecule has 0 bridgehead atoms. The summed E-state index contributed by atoms with van der Waals surface area (Å²) in [4.78, 5) is 23.9. The number of nitrogens with one attached hydrogen (secondary N) is 2. The molecule has 1 fully saturated rings. The van der Waals surface area contributed by atoms with Crippen molar-refractivity contribution >= 4 is 23.7 Å². The van der Waals surface area contributed by atoms with E-state index in [9.17, 15) is 9.59 Å². The van der Waals surface area contributed by atoms with Crippen LogP contribution in [0.15, 0.2) is 35.5 Å². The minimum Gasteiger partial charge on any atom is -0.335 e. The zero-order valence-corrected chi connectivity index (χ0v) is 16.3. The highest BCUT2D eigenvalue weighted by atomic mass is 32.2. The van der Waals surface area contributed by atoms with E-state index in [1.807, 2.05) is 29.7 Å². The molecule has 7 nitrogen and oxygen atoms in total. The lowest BCUT2D eigenvalue weighted by Crippen LogP contribution is -2.44. The van der Waals surface area contributed by atoms with Gasteiger partial charge in [0.05, 0.1) is 5.75 Å². The molecular formula is C19H25N5O2S. The number of aromatic nitrogens is 3. The van der Waals surface area contributed by atoms with Crippen LogP contribution in [-0.4, -0.2) is 38.5 Å². The Morgan fingerprint density at radius 3 is 2.63 bits per heavy atom. The van der Waals surface area contributed by atoms with Gasteiger partial charge in [-0.25, -0.2) is 4.79 Å². The van der Waals surface area contributed by atoms with Crippen molar-refractivity contribution in [2.45, 2.75) is 56.8 Å². The second-order valence-electron chi connectivity index (χ2n) is 6.60. The first-order valence-electron chi connectivity index (χ1n) is 9.35. The topological polar surface area (TPSA) is 88.9 Å². The van der Waals surface area contributed by atoms with Crippen LogP contribution in [-0.2, 0) is 17.8 Å². The Morgan fingerprint density at radius 2 is 1.93 bits per heavy atom. The second kappa shape index (κ2) is 9.55. The number of hydrogen-bond donors (Lipinski definition) is 2. The van der Waals surface area contributed by atoms with Crippen molar-refractivity contribution in [3.05, 3.63) is 41.7 Å². The standard InChI is InChI=1S/C19H25N5O2S/c1-2-24-16(12-14-8-4-3-5-9-14)22-23-19(24)27-13-17(25)21-18(26)20-15-10-6-7-11-15/h3-5,8-9,15H,2,6-7,10-13H2,1H3,(H2,20,21,25,26). The summed E-state index contributed by atoms with van der Waals surface area (Å²) in [7, 11) is 0. The average Bonchev–Trinajstić information content (AvgIpc) is 3.30. The Kier molecular flexibility index (Phi) is 6.86. The fraction of sp³-hybridized carbons (Fsp3) is 0.474. The minimum absolute atomic E-state index is 0.127. The third-order valence-corrected chi connectivity index (χ3v) is 5.56. The number of hydrogen-bond acceptors (Lipinski definition) is 5. The lowest BCUT2D eigenvalue weighted by atomic mass is 10.1. The molecule has 0 aliphatic heterocycles. The number of benzene rings is 1. The van der Waals surface area contributed by atoms with Gasteiger partial charge in [0.2, 0.25) is 5.91 Å². The van der Waals surface area contributed by atoms with E-state index >= 15 is 0 Å². The van der Waals surface area contributed by atoms with Crippen molar-refractivity contribution in [2.75, 3.05) is 5.75 Å². The predicted octanol–water partition coefficient (Wildman–Crippen LogP) is 2.75. The molecule has 27 heavy (non-hydrogen) atoms. The Labute approximate surface area is 163 Å². The highest BCUT2D eigenvalue weighted by molar-refractivity contribution is 7.99. The van der Waals surface area contributed by atoms with Crippen LogP contribution in [0.2, 0.25) is 0 Å². The number of amides is 3. The van der Waals surface area contributed by atoms with Gasteiger partial charge in [-0.3, -0.25) is 10.1 Å². The highest BCUT2D eigenvalue weighted by Gasteiger charge is 2.19. The summed E-state index contributed by atoms with van der Waals surface area (Å²) < 4.78 is 2.00. The van der Waals surface area contributed by atoms with E-state index in [1.54, 1.807) is 0 Å². The molecule has 1 aromatic carbocycles. The molecular weight excluding hydrogens is 362 g/mol. The first-order valence-corrected chi connectivity index (χ1v) is 10.3. The van der Waals surface area contributed by atoms with Gasteiger partial charge in [-0.2, -0.15) is 0 Å². The lowest BCUT2D eigenvalue weighted by Gasteiger charge is -2.12. The third-order valence-electron chi connectivity index (χ3n) is 4.59. The van der Waals surface area contributed by atoms with Crippen LogP contribution >= 0.6 is 11.8 Å². The SMILES string of the molecule is CCn1c(Cc2ccccc2)nnc1SCC(=O)NC(=O)NC1CCCC1. The summed E-state index contributed by atoms with van der Waals surface area (Å²) >= 11 is 1.29. The third kappa shape index (κ3) is 5.56. The largest absolute Gasteiger partial charge is 0.335 e. The fourth-order valence-electron chi connectivity index (χ4n) is 3.24. The van der Waals surface area contributed by atoms with E-state index in [4.69, 9.17) is 0 Å². The van der Waals surface area contributed by atoms with Gasteiger partial charge in [0.25, 0.3) is 0 Å². The maximum absolute atomic E-state index is 12.0. The molecule has 1 saturated carbocycles. The fourth-order valence-corrected chi connectivity index (χ4v) is 4.06. The van der Waals surface area contributed by atoms with Crippen LogP contribution in [0, 0.1) is 0 Å². The van der Waals surface area contributed by atoms with Gasteiger partial charge in [0.1, 0.15) is 5.82 Å². The molecule has 1 heterocycles. The zero-order valence-electron chi connectivity index (χ0n) is 15.5. The summed E-state index contributed by atoms with van der Waals surface area (Å²) in [5.74, 6) is 0.665. The Morgan fingerprint density at radius 1 is 1.19 bits per heavy atom. The molecule has 3 amide bonds. The van der Waals surface area contributed by atoms with E-state index in [-0.39, 0.29) is 17.7 Å². The molecule has 1 aromatic heterocycles. The van der Waals surface area contributed by atoms with Gasteiger partial charge in [-0.05, 0) is 25.3 Å². The number of urea groups is 1. The summed E-state index contributed by atoms with van der Waals surface area (Å²) in [5, 5.41) is 14.4. The van der Waals surface area contributed by atoms with Gasteiger partial charge in [-0.15, -0.1) is 10.2 Å². The van der Waals surface area contributed by atoms with Crippen molar-refractivity contribution in [3.8, 4) is 0 Å². The van der Waals surface area contributed by atoms with Crippen LogP contribution in [0.4, 0.5) is 4.79 Å². The first kappa shape index (κ1) is 19.4. The van der Waals surface area contributed by atoms with Crippen molar-refractivity contribution < 1.29 is 9.59 Å². The molecule has 2 N–H and O–H groups in total. The Balaban J connectivity index is 1.51. The average molecular weight is 388 g/mol. The number of carbonyl (C=O) groups excluding carboxylic acids is 2. The van der Waals surface area contributed by atoms with Gasteiger partial charge in [0, 0.05) is 19.0 Å². The number of nitrogens with zero attached hydrogens (tertiary/aromatic N) is 3. The van der Waals surface area contributed by atoms with Crippen LogP contribution in [0.1, 0.15) is 44.0 Å². The molecule has 0 atom stereocenters. The smallest absolute Gasteiger partial charge is 0.321 e. The summed E-state index contributed by atoms with van der Waals surface area (Å²) in [6, 6.07) is 9.87. The molecule has 1 aliphatic carbocycles. The highest BCUT2D eigenvalue weighted by Crippen LogP contribution is 2.19. The molecule has 8 heteroatoms. The summed E-state index contributed by atoms with van der Waals surface area (Å²) in [6.07, 6.45) is 4.93. The number of imide groups is 1. The van der Waals surface area contributed by atoms with Crippen molar-refractivity contribution in [1.29, 1.82) is 0 Å². The monoisotopic (exact) mass is 387 g/mol. The van der Waals surface area contributed by atoms with E-state index < -0.39 is 6.03 Å². The van der Waals surface area contributed by atoms with E-state index in [2.05, 4.69) is 33.0 Å². The lowest BCUT2D eigenvalue weighted by molar-refractivity contribution is -0.117. The molecule has 0 saturated heterocycles. The molecule has 2 aromatic rings. The van der Waals surface area contributed by atoms with E-state index in [1.165, 1.54) is 11.8 Å². The van der Waals surface area contributed by atoms with Gasteiger partial charge in [-0.1, -0.05) is 54.9 Å². The Hall–Kier alpha value is -2.35. The molecule has 0 radical (unpaired) electrons. The van der Waals surface area contributed by atoms with Crippen LogP contribution in [0.5, 0.6) is 0 Å². The van der Waals surface area contributed by atoms with Crippen molar-refractivity contribution in [1.82, 2.24) is 25.4 Å². The Bertz CT molecular complexity index is 772. The number of rotatable bonds is 7. The predicted molar refractivity (Wildman–Crippen MR) is 105 cm³/mol. The van der Waals surface area contributed by atoms with Crippen LogP contribution in [0.3, 0.4) is 0 Å². The maximum Gasteiger partial charge on any atom is 0.321 e. The van der Waals surface area contributed by atoms with Crippen molar-refractivity contribution in [3.63, 3.8) is 0 Å². The molecule has 144 valence electrons. The molecule has 3 rings (SSSR count). The quantitative estimate of drug-likeness (QED) is 0.713. The van der Waals surface area contributed by atoms with Gasteiger partial charge < -0.3 is 9.88 Å². The number of thioether (sulfide) groups is 1. The molecule has 1 aliphatic rings. The van der Waals surface area contributed by atoms with Crippen molar-refractivity contribution in [2.24, 2.45) is 0 Å². The zero-order chi connectivity index (χ0) is 19.1. The molecule has 0 unspecified atom stereocenters. The number of carbonyl (C=O) groups is 2. The normalized spacial score (nSPS) is 14.3. The minimum atomic E-state index is -0.408. The molecule has 0 spiro atoms. The van der Waals surface area contributed by atoms with E-state index in [0.29, 0.717) is 11.6 Å².